The minimum atomic E-state index is -0.564. The summed E-state index contributed by atoms with van der Waals surface area (Å²) in [5, 5.41) is 6.17. The molecule has 2 amide bonds. The number of fused-ring (bicyclic) bond motifs is 1. The minimum Gasteiger partial charge on any atom is -0.397 e. The molecule has 7 heteroatoms. The Morgan fingerprint density at radius 2 is 1.65 bits per heavy atom. The molecule has 0 radical (unpaired) electrons. The molecule has 4 N–H and O–H groups in total. The van der Waals surface area contributed by atoms with Gasteiger partial charge in [0.05, 0.1) is 16.9 Å². The number of halogens is 1. The van der Waals surface area contributed by atoms with Gasteiger partial charge >= 0.3 is 0 Å². The molecule has 1 atom stereocenters. The Morgan fingerprint density at radius 1 is 0.941 bits per heavy atom. The Kier molecular flexibility index (Phi) is 7.42. The fourth-order valence-electron chi connectivity index (χ4n) is 4.21. The summed E-state index contributed by atoms with van der Waals surface area (Å²) >= 11 is 0. The zero-order valence-corrected chi connectivity index (χ0v) is 19.0. The number of unbranched alkanes of at least 4 members (excludes halogenated alkanes) is 3. The molecule has 3 aromatic carbocycles. The number of nitrogens with zero attached hydrogens (tertiary/aromatic N) is 1. The van der Waals surface area contributed by atoms with Gasteiger partial charge in [-0.1, -0.05) is 55.3 Å². The van der Waals surface area contributed by atoms with Crippen molar-refractivity contribution in [3.05, 3.63) is 89.7 Å². The lowest BCUT2D eigenvalue weighted by Crippen LogP contribution is -2.43. The molecule has 0 aliphatic carbocycles. The largest absolute Gasteiger partial charge is 0.397 e. The van der Waals surface area contributed by atoms with Crippen LogP contribution in [0.25, 0.3) is 0 Å². The van der Waals surface area contributed by atoms with E-state index in [2.05, 4.69) is 10.6 Å². The first kappa shape index (κ1) is 23.3. The molecule has 4 rings (SSSR count). The van der Waals surface area contributed by atoms with Crippen molar-refractivity contribution in [2.75, 3.05) is 22.9 Å². The van der Waals surface area contributed by atoms with Crippen molar-refractivity contribution >= 4 is 28.9 Å². The SMILES string of the molecule is Nc1ccccc1NC(=O)CCCCCCN1C(=O)c2ccccc2NC1c1ccccc1F. The van der Waals surface area contributed by atoms with E-state index in [9.17, 15) is 14.0 Å². The van der Waals surface area contributed by atoms with Crippen LogP contribution in [0.1, 0.15) is 54.2 Å². The third-order valence-corrected chi connectivity index (χ3v) is 6.01. The first-order valence-electron chi connectivity index (χ1n) is 11.6. The van der Waals surface area contributed by atoms with Gasteiger partial charge in [0.15, 0.2) is 0 Å². The zero-order valence-electron chi connectivity index (χ0n) is 19.0. The number of para-hydroxylation sites is 3. The van der Waals surface area contributed by atoms with Gasteiger partial charge in [0.25, 0.3) is 5.91 Å². The number of hydrogen-bond acceptors (Lipinski definition) is 4. The highest BCUT2D eigenvalue weighted by Gasteiger charge is 2.33. The molecule has 34 heavy (non-hydrogen) atoms. The van der Waals surface area contributed by atoms with E-state index in [-0.39, 0.29) is 17.6 Å². The van der Waals surface area contributed by atoms with Gasteiger partial charge in [0.1, 0.15) is 12.0 Å². The number of carbonyl (C=O) groups excluding carboxylic acids is 2. The van der Waals surface area contributed by atoms with Crippen LogP contribution in [0.3, 0.4) is 0 Å². The Hall–Kier alpha value is -3.87. The predicted molar refractivity (Wildman–Crippen MR) is 133 cm³/mol. The third kappa shape index (κ3) is 5.36. The van der Waals surface area contributed by atoms with Crippen molar-refractivity contribution in [1.29, 1.82) is 0 Å². The molecule has 1 heterocycles. The number of hydrogen-bond donors (Lipinski definition) is 3. The molecule has 6 nitrogen and oxygen atoms in total. The van der Waals surface area contributed by atoms with Crippen molar-refractivity contribution in [2.24, 2.45) is 0 Å². The summed E-state index contributed by atoms with van der Waals surface area (Å²) < 4.78 is 14.6. The van der Waals surface area contributed by atoms with Gasteiger partial charge in [-0.3, -0.25) is 9.59 Å². The van der Waals surface area contributed by atoms with Gasteiger partial charge in [-0.2, -0.15) is 0 Å². The monoisotopic (exact) mass is 460 g/mol. The number of benzene rings is 3. The Balaban J connectivity index is 1.31. The second kappa shape index (κ2) is 10.8. The molecule has 176 valence electrons. The summed E-state index contributed by atoms with van der Waals surface area (Å²) in [4.78, 5) is 27.1. The van der Waals surface area contributed by atoms with Crippen LogP contribution in [-0.4, -0.2) is 23.3 Å². The normalized spacial score (nSPS) is 14.9. The fourth-order valence-corrected chi connectivity index (χ4v) is 4.21. The van der Waals surface area contributed by atoms with Crippen LogP contribution in [0.5, 0.6) is 0 Å². The molecule has 1 aliphatic rings. The van der Waals surface area contributed by atoms with Crippen molar-refractivity contribution in [2.45, 2.75) is 38.3 Å². The van der Waals surface area contributed by atoms with E-state index in [1.54, 1.807) is 41.3 Å². The number of anilines is 3. The van der Waals surface area contributed by atoms with Gasteiger partial charge < -0.3 is 21.3 Å². The smallest absolute Gasteiger partial charge is 0.257 e. The Bertz CT molecular complexity index is 1170. The third-order valence-electron chi connectivity index (χ3n) is 6.01. The molecule has 0 aromatic heterocycles. The number of rotatable bonds is 9. The highest BCUT2D eigenvalue weighted by Crippen LogP contribution is 2.34. The first-order valence-corrected chi connectivity index (χ1v) is 11.6. The number of nitrogens with one attached hydrogen (secondary N) is 2. The average molecular weight is 461 g/mol. The summed E-state index contributed by atoms with van der Waals surface area (Å²) in [7, 11) is 0. The number of carbonyl (C=O) groups is 2. The van der Waals surface area contributed by atoms with Gasteiger partial charge in [0.2, 0.25) is 5.91 Å². The van der Waals surface area contributed by atoms with Gasteiger partial charge in [-0.05, 0) is 43.2 Å². The predicted octanol–water partition coefficient (Wildman–Crippen LogP) is 5.56. The summed E-state index contributed by atoms with van der Waals surface area (Å²) in [5.74, 6) is -0.519. The van der Waals surface area contributed by atoms with Gasteiger partial charge in [-0.15, -0.1) is 0 Å². The van der Waals surface area contributed by atoms with Crippen LogP contribution < -0.4 is 16.4 Å². The lowest BCUT2D eigenvalue weighted by molar-refractivity contribution is -0.116. The second-order valence-electron chi connectivity index (χ2n) is 8.41. The quantitative estimate of drug-likeness (QED) is 0.288. The number of nitrogen functional groups attached to an aromatic ring is 1. The molecular weight excluding hydrogens is 431 g/mol. The number of nitrogens with two attached hydrogens (primary N) is 1. The second-order valence-corrected chi connectivity index (χ2v) is 8.41. The summed E-state index contributed by atoms with van der Waals surface area (Å²) in [6.45, 7) is 0.492. The highest BCUT2D eigenvalue weighted by molar-refractivity contribution is 6.01. The van der Waals surface area contributed by atoms with Crippen LogP contribution >= 0.6 is 0 Å². The molecule has 0 bridgehead atoms. The minimum absolute atomic E-state index is 0.0652. The van der Waals surface area contributed by atoms with E-state index in [0.717, 1.165) is 25.7 Å². The van der Waals surface area contributed by atoms with Crippen LogP contribution in [0.2, 0.25) is 0 Å². The van der Waals surface area contributed by atoms with E-state index in [1.165, 1.54) is 6.07 Å². The molecule has 0 spiro atoms. The maximum atomic E-state index is 14.6. The van der Waals surface area contributed by atoms with Crippen LogP contribution in [0.4, 0.5) is 21.5 Å². The summed E-state index contributed by atoms with van der Waals surface area (Å²) in [5.41, 5.74) is 8.78. The molecule has 0 fully saturated rings. The molecule has 0 saturated heterocycles. The standard InChI is InChI=1S/C27H29FN4O2/c28-21-13-6-4-11-19(21)26-31-23-15-8-5-12-20(23)27(34)32(26)18-10-2-1-3-17-25(33)30-24-16-9-7-14-22(24)29/h4-9,11-16,26,31H,1-3,10,17-18,29H2,(H,30,33). The maximum Gasteiger partial charge on any atom is 0.257 e. The van der Waals surface area contributed by atoms with Gasteiger partial charge in [-0.25, -0.2) is 4.39 Å². The highest BCUT2D eigenvalue weighted by atomic mass is 19.1. The van der Waals surface area contributed by atoms with Crippen LogP contribution in [0.15, 0.2) is 72.8 Å². The van der Waals surface area contributed by atoms with E-state index >= 15 is 0 Å². The van der Waals surface area contributed by atoms with Gasteiger partial charge in [0, 0.05) is 24.2 Å². The van der Waals surface area contributed by atoms with Crippen LogP contribution in [-0.2, 0) is 4.79 Å². The lowest BCUT2D eigenvalue weighted by atomic mass is 10.0. The van der Waals surface area contributed by atoms with Crippen molar-refractivity contribution < 1.29 is 14.0 Å². The topological polar surface area (TPSA) is 87.5 Å². The summed E-state index contributed by atoms with van der Waals surface area (Å²) in [6, 6.07) is 21.0. The average Bonchev–Trinajstić information content (AvgIpc) is 2.84. The van der Waals surface area contributed by atoms with E-state index in [0.29, 0.717) is 41.2 Å². The van der Waals surface area contributed by atoms with E-state index in [4.69, 9.17) is 5.73 Å². The number of amides is 2. The van der Waals surface area contributed by atoms with Crippen molar-refractivity contribution in [3.63, 3.8) is 0 Å². The maximum absolute atomic E-state index is 14.6. The fraction of sp³-hybridized carbons (Fsp3) is 0.259. The molecule has 3 aromatic rings. The Morgan fingerprint density at radius 3 is 2.47 bits per heavy atom. The molecular formula is C27H29FN4O2. The van der Waals surface area contributed by atoms with Crippen molar-refractivity contribution in [1.82, 2.24) is 4.90 Å². The van der Waals surface area contributed by atoms with Crippen LogP contribution in [0, 0.1) is 5.82 Å². The summed E-state index contributed by atoms with van der Waals surface area (Å²) in [6.07, 6.45) is 3.05. The Labute approximate surface area is 199 Å². The molecule has 0 saturated carbocycles. The van der Waals surface area contributed by atoms with Crippen molar-refractivity contribution in [3.8, 4) is 0 Å². The lowest BCUT2D eigenvalue weighted by Gasteiger charge is -2.38. The first-order chi connectivity index (χ1) is 16.5. The molecule has 1 unspecified atom stereocenters. The van der Waals surface area contributed by atoms with E-state index in [1.807, 2.05) is 30.3 Å². The van der Waals surface area contributed by atoms with E-state index < -0.39 is 6.17 Å². The molecule has 1 aliphatic heterocycles. The zero-order chi connectivity index (χ0) is 23.9.